The monoisotopic (exact) mass is 831 g/mol. The highest BCUT2D eigenvalue weighted by molar-refractivity contribution is 7.26. The molecule has 0 N–H and O–H groups in total. The molecule has 0 bridgehead atoms. The van der Waals surface area contributed by atoms with E-state index < -0.39 is 5.41 Å². The van der Waals surface area contributed by atoms with E-state index in [1.165, 1.54) is 59.3 Å². The Morgan fingerprint density at radius 2 is 1.02 bits per heavy atom. The molecule has 1 spiro atoms. The van der Waals surface area contributed by atoms with Gasteiger partial charge in [-0.3, -0.25) is 4.57 Å². The van der Waals surface area contributed by atoms with Crippen LogP contribution in [0.15, 0.2) is 200 Å². The van der Waals surface area contributed by atoms with Crippen LogP contribution >= 0.6 is 11.3 Å². The second-order valence-electron chi connectivity index (χ2n) is 17.1. The number of thiophene rings is 1. The van der Waals surface area contributed by atoms with Crippen LogP contribution in [-0.2, 0) is 5.41 Å². The van der Waals surface area contributed by atoms with Crippen molar-refractivity contribution in [3.05, 3.63) is 222 Å². The fourth-order valence-corrected chi connectivity index (χ4v) is 12.7. The van der Waals surface area contributed by atoms with E-state index in [-0.39, 0.29) is 0 Å². The lowest BCUT2D eigenvalue weighted by atomic mass is 9.66. The van der Waals surface area contributed by atoms with Crippen molar-refractivity contribution in [3.8, 4) is 39.8 Å². The van der Waals surface area contributed by atoms with E-state index >= 15 is 0 Å². The number of fused-ring (bicyclic) bond motifs is 22. The van der Waals surface area contributed by atoms with E-state index in [0.29, 0.717) is 5.95 Å². The summed E-state index contributed by atoms with van der Waals surface area (Å²) in [6.07, 6.45) is 0. The van der Waals surface area contributed by atoms with Gasteiger partial charge in [0.1, 0.15) is 11.5 Å². The number of hydrogen-bond acceptors (Lipinski definition) is 4. The van der Waals surface area contributed by atoms with Gasteiger partial charge < -0.3 is 4.74 Å². The molecular formula is C59H33N3OS. The summed E-state index contributed by atoms with van der Waals surface area (Å²) < 4.78 is 11.8. The van der Waals surface area contributed by atoms with Crippen molar-refractivity contribution < 1.29 is 4.74 Å². The fraction of sp³-hybridized carbons (Fsp3) is 0.0169. The Labute approximate surface area is 370 Å². The fourth-order valence-electron chi connectivity index (χ4n) is 11.5. The Hall–Kier alpha value is -8.12. The van der Waals surface area contributed by atoms with Crippen LogP contribution in [0.5, 0.6) is 11.5 Å². The van der Waals surface area contributed by atoms with Crippen LogP contribution in [-0.4, -0.2) is 14.5 Å². The van der Waals surface area contributed by atoms with Crippen LogP contribution in [0.4, 0.5) is 0 Å². The predicted molar refractivity (Wildman–Crippen MR) is 265 cm³/mol. The van der Waals surface area contributed by atoms with Gasteiger partial charge in [0, 0.05) is 32.2 Å². The topological polar surface area (TPSA) is 39.9 Å². The minimum atomic E-state index is -0.571. The van der Waals surface area contributed by atoms with Crippen molar-refractivity contribution in [1.29, 1.82) is 0 Å². The second-order valence-corrected chi connectivity index (χ2v) is 18.2. The minimum Gasteiger partial charge on any atom is -0.456 e. The summed E-state index contributed by atoms with van der Waals surface area (Å²) in [6.45, 7) is 0. The second kappa shape index (κ2) is 12.5. The van der Waals surface area contributed by atoms with Crippen molar-refractivity contribution in [3.63, 3.8) is 0 Å². The van der Waals surface area contributed by atoms with Crippen molar-refractivity contribution in [2.75, 3.05) is 0 Å². The van der Waals surface area contributed by atoms with E-state index in [9.17, 15) is 0 Å². The highest BCUT2D eigenvalue weighted by Gasteiger charge is 2.51. The first-order valence-corrected chi connectivity index (χ1v) is 22.6. The summed E-state index contributed by atoms with van der Waals surface area (Å²) >= 11 is 1.77. The number of ether oxygens (including phenoxy) is 1. The van der Waals surface area contributed by atoms with E-state index in [4.69, 9.17) is 14.7 Å². The van der Waals surface area contributed by atoms with Crippen molar-refractivity contribution in [1.82, 2.24) is 14.5 Å². The lowest BCUT2D eigenvalue weighted by Gasteiger charge is -2.39. The van der Waals surface area contributed by atoms with Gasteiger partial charge in [-0.25, -0.2) is 9.97 Å². The van der Waals surface area contributed by atoms with E-state index in [1.807, 2.05) is 0 Å². The highest BCUT2D eigenvalue weighted by atomic mass is 32.1. The number of nitrogens with zero attached hydrogens (tertiary/aromatic N) is 3. The van der Waals surface area contributed by atoms with Crippen LogP contribution < -0.4 is 4.74 Å². The maximum Gasteiger partial charge on any atom is 0.235 e. The normalized spacial score (nSPS) is 13.6. The molecule has 296 valence electrons. The molecule has 2 aliphatic rings. The first-order chi connectivity index (χ1) is 31.8. The first kappa shape index (κ1) is 34.5. The van der Waals surface area contributed by atoms with Gasteiger partial charge in [0.2, 0.25) is 5.95 Å². The number of benzene rings is 10. The van der Waals surface area contributed by atoms with Crippen LogP contribution in [0.1, 0.15) is 22.3 Å². The molecule has 4 nitrogen and oxygen atoms in total. The number of hydrogen-bond donors (Lipinski definition) is 0. The molecule has 0 unspecified atom stereocenters. The lowest BCUT2D eigenvalue weighted by Crippen LogP contribution is -2.32. The maximum absolute atomic E-state index is 7.23. The van der Waals surface area contributed by atoms with Gasteiger partial charge in [0.05, 0.1) is 37.7 Å². The van der Waals surface area contributed by atoms with Crippen molar-refractivity contribution in [2.45, 2.75) is 5.41 Å². The Morgan fingerprint density at radius 1 is 0.438 bits per heavy atom. The smallest absolute Gasteiger partial charge is 0.235 e. The van der Waals surface area contributed by atoms with Gasteiger partial charge in [-0.1, -0.05) is 170 Å². The zero-order valence-electron chi connectivity index (χ0n) is 34.2. The Bertz CT molecular complexity index is 4120. The molecule has 10 aromatic carbocycles. The van der Waals surface area contributed by atoms with Gasteiger partial charge in [0.15, 0.2) is 0 Å². The quantitative estimate of drug-likeness (QED) is 0.163. The van der Waals surface area contributed by atoms with Gasteiger partial charge in [-0.2, -0.15) is 0 Å². The third-order valence-electron chi connectivity index (χ3n) is 14.1. The SMILES string of the molecule is c1ccc2c(c1)Oc1c(ccc3c1c1ccccc1n3-c1nc(-c3ccc4c5ccccc5c5ccccc5c4c3)c3sc4ccccc4c3n1)C21c2ccccc2-c2ccccc21. The molecule has 0 saturated heterocycles. The molecule has 15 rings (SSSR count). The standard InChI is InChI=1S/C59H33N3OS/c1-2-17-37-35(15-1)36-16-3-4-18-38(36)44-33-34(29-30-39(37)44)54-57-55(43-22-8-14-28-52(43)64-57)61-58(60-54)62-49-26-12-7-21-42(49)53-50(62)32-31-48-56(53)63-51-27-13-11-25-47(51)59(48)45-23-9-5-19-40(45)41-20-6-10-24-46(41)59/h1-33H. The van der Waals surface area contributed by atoms with Crippen molar-refractivity contribution in [2.24, 2.45) is 0 Å². The molecule has 64 heavy (non-hydrogen) atoms. The summed E-state index contributed by atoms with van der Waals surface area (Å²) in [4.78, 5) is 11.2. The van der Waals surface area contributed by atoms with E-state index in [0.717, 1.165) is 71.3 Å². The molecule has 0 amide bonds. The summed E-state index contributed by atoms with van der Waals surface area (Å²) in [7, 11) is 0. The molecule has 4 heterocycles. The molecule has 3 aromatic heterocycles. The molecule has 0 fully saturated rings. The summed E-state index contributed by atoms with van der Waals surface area (Å²) in [5.41, 5.74) is 11.7. The molecule has 5 heteroatoms. The minimum absolute atomic E-state index is 0.571. The zero-order chi connectivity index (χ0) is 41.7. The average Bonchev–Trinajstić information content (AvgIpc) is 4.01. The molecule has 0 atom stereocenters. The van der Waals surface area contributed by atoms with Crippen LogP contribution in [0, 0.1) is 0 Å². The van der Waals surface area contributed by atoms with Gasteiger partial charge in [-0.15, -0.1) is 11.3 Å². The predicted octanol–water partition coefficient (Wildman–Crippen LogP) is 15.5. The first-order valence-electron chi connectivity index (χ1n) is 21.8. The molecular weight excluding hydrogens is 799 g/mol. The molecule has 0 saturated carbocycles. The van der Waals surface area contributed by atoms with E-state index in [2.05, 4.69) is 205 Å². The van der Waals surface area contributed by atoms with Crippen molar-refractivity contribution >= 4 is 85.8 Å². The molecule has 1 aliphatic carbocycles. The van der Waals surface area contributed by atoms with Gasteiger partial charge >= 0.3 is 0 Å². The van der Waals surface area contributed by atoms with Gasteiger partial charge in [0.25, 0.3) is 0 Å². The number of rotatable bonds is 2. The third kappa shape index (κ3) is 4.31. The third-order valence-corrected chi connectivity index (χ3v) is 15.2. The Kier molecular flexibility index (Phi) is 6.73. The Balaban J connectivity index is 1.04. The number of para-hydroxylation sites is 2. The maximum atomic E-state index is 7.23. The molecule has 13 aromatic rings. The zero-order valence-corrected chi connectivity index (χ0v) is 35.0. The summed E-state index contributed by atoms with van der Waals surface area (Å²) in [6, 6.07) is 72.7. The Morgan fingerprint density at radius 3 is 1.75 bits per heavy atom. The summed E-state index contributed by atoms with van der Waals surface area (Å²) in [5.74, 6) is 2.36. The van der Waals surface area contributed by atoms with Gasteiger partial charge in [-0.05, 0) is 84.9 Å². The molecule has 0 radical (unpaired) electrons. The van der Waals surface area contributed by atoms with E-state index in [1.54, 1.807) is 11.3 Å². The average molecular weight is 832 g/mol. The number of aromatic nitrogens is 3. The highest BCUT2D eigenvalue weighted by Crippen LogP contribution is 2.63. The van der Waals surface area contributed by atoms with Crippen LogP contribution in [0.25, 0.3) is 103 Å². The van der Waals surface area contributed by atoms with Crippen LogP contribution in [0.2, 0.25) is 0 Å². The van der Waals surface area contributed by atoms with Crippen LogP contribution in [0.3, 0.4) is 0 Å². The largest absolute Gasteiger partial charge is 0.456 e. The lowest BCUT2D eigenvalue weighted by molar-refractivity contribution is 0.442. The molecule has 1 aliphatic heterocycles. The summed E-state index contributed by atoms with van der Waals surface area (Å²) in [5, 5.41) is 10.7.